The lowest BCUT2D eigenvalue weighted by molar-refractivity contribution is -0.633. The molecule has 6 heteroatoms. The monoisotopic (exact) mass is 662 g/mol. The first-order chi connectivity index (χ1) is 23.4. The Bertz CT molecular complexity index is 2530. The molecule has 3 heterocycles. The number of oxazole rings is 1. The minimum atomic E-state index is -1.77. The van der Waals surface area contributed by atoms with E-state index < -0.39 is 8.07 Å². The van der Waals surface area contributed by atoms with Crippen molar-refractivity contribution in [3.8, 4) is 28.2 Å². The summed E-state index contributed by atoms with van der Waals surface area (Å²) in [5, 5.41) is 2.14. The number of fused-ring (bicyclic) bond motifs is 6. The summed E-state index contributed by atoms with van der Waals surface area (Å²) in [4.78, 5) is 5.04. The molecule has 0 amide bonds. The Morgan fingerprint density at radius 3 is 2.02 bits per heavy atom. The Labute approximate surface area is 288 Å². The number of nitrogens with zero attached hydrogens (tertiary/aromatic N) is 3. The summed E-state index contributed by atoms with van der Waals surface area (Å²) in [6, 6.07) is 33.0. The van der Waals surface area contributed by atoms with Gasteiger partial charge in [0.2, 0.25) is 0 Å². The van der Waals surface area contributed by atoms with Crippen molar-refractivity contribution in [3.63, 3.8) is 0 Å². The first-order valence-corrected chi connectivity index (χ1v) is 20.9. The summed E-state index contributed by atoms with van der Waals surface area (Å²) >= 11 is 0. The molecule has 8 aromatic rings. The van der Waals surface area contributed by atoms with Crippen LogP contribution < -0.4 is 10.1 Å². The zero-order valence-corrected chi connectivity index (χ0v) is 31.0. The Morgan fingerprint density at radius 2 is 1.35 bits per heavy atom. The van der Waals surface area contributed by atoms with Gasteiger partial charge in [0.25, 0.3) is 5.82 Å². The second-order valence-corrected chi connectivity index (χ2v) is 20.1. The van der Waals surface area contributed by atoms with Crippen LogP contribution in [0.2, 0.25) is 19.6 Å². The van der Waals surface area contributed by atoms with Crippen molar-refractivity contribution in [3.05, 3.63) is 108 Å². The van der Waals surface area contributed by atoms with Crippen molar-refractivity contribution in [1.29, 1.82) is 0 Å². The Kier molecular flexibility index (Phi) is 7.23. The highest BCUT2D eigenvalue weighted by molar-refractivity contribution is 6.87. The van der Waals surface area contributed by atoms with Crippen LogP contribution in [0.15, 0.2) is 99.8 Å². The minimum Gasteiger partial charge on any atom is -0.453 e. The predicted octanol–water partition coefficient (Wildman–Crippen LogP) is 10.9. The Hall–Kier alpha value is -4.94. The van der Waals surface area contributed by atoms with Crippen LogP contribution in [-0.2, 0) is 7.05 Å². The number of hydrogen-bond donors (Lipinski definition) is 0. The number of benzene rings is 5. The van der Waals surface area contributed by atoms with Crippen molar-refractivity contribution >= 4 is 57.7 Å². The van der Waals surface area contributed by atoms with E-state index in [1.54, 1.807) is 0 Å². The first-order valence-electron chi connectivity index (χ1n) is 17.4. The van der Waals surface area contributed by atoms with Gasteiger partial charge in [-0.25, -0.2) is 9.55 Å². The standard InChI is InChI=1S/C43H44N3O2Si/c1-25(2)32-23-29(28-15-11-10-12-16-28)24-33(26(3)4)39(32)46-35-18-14-13-17-34(35)45(6)42(46)37-27(5)19-20-30-31-21-22-36-38(41(31)48-40(30)37)44-43(47-36)49(7,8)9/h10-26H,1-9H3/q+1. The molecule has 0 unspecified atom stereocenters. The average molecular weight is 663 g/mol. The van der Waals surface area contributed by atoms with Gasteiger partial charge in [-0.2, -0.15) is 4.57 Å². The number of aryl methyl sites for hydroxylation is 2. The van der Waals surface area contributed by atoms with Gasteiger partial charge in [-0.05, 0) is 71.8 Å². The molecule has 0 bridgehead atoms. The van der Waals surface area contributed by atoms with Crippen LogP contribution in [0.5, 0.6) is 0 Å². The molecule has 0 N–H and O–H groups in total. The molecule has 0 aliphatic heterocycles. The largest absolute Gasteiger partial charge is 0.453 e. The number of aromatic nitrogens is 3. The lowest BCUT2D eigenvalue weighted by atomic mass is 9.88. The van der Waals surface area contributed by atoms with Crippen LogP contribution in [0.3, 0.4) is 0 Å². The van der Waals surface area contributed by atoms with Crippen molar-refractivity contribution in [2.75, 3.05) is 0 Å². The van der Waals surface area contributed by atoms with Gasteiger partial charge >= 0.3 is 0 Å². The number of hydrogen-bond acceptors (Lipinski definition) is 3. The maximum atomic E-state index is 7.00. The van der Waals surface area contributed by atoms with Gasteiger partial charge in [0, 0.05) is 21.9 Å². The smallest absolute Gasteiger partial charge is 0.299 e. The molecule has 0 fully saturated rings. The summed E-state index contributed by atoms with van der Waals surface area (Å²) in [7, 11) is 0.420. The second kappa shape index (κ2) is 11.3. The van der Waals surface area contributed by atoms with Gasteiger partial charge in [-0.1, -0.05) is 102 Å². The highest BCUT2D eigenvalue weighted by atomic mass is 28.3. The molecular formula is C43H44N3O2Si+. The van der Waals surface area contributed by atoms with Gasteiger partial charge in [0.1, 0.15) is 19.3 Å². The van der Waals surface area contributed by atoms with Crippen LogP contribution in [-0.4, -0.2) is 17.6 Å². The SMILES string of the molecule is Cc1ccc2c(oc3c2ccc2oc([Si](C)(C)C)nc23)c1-c1n(-c2c(C(C)C)cc(-c3ccccc3)cc2C(C)C)c2ccccc2[n+]1C. The van der Waals surface area contributed by atoms with Gasteiger partial charge in [-0.15, -0.1) is 0 Å². The van der Waals surface area contributed by atoms with E-state index >= 15 is 0 Å². The van der Waals surface area contributed by atoms with Crippen LogP contribution in [0, 0.1) is 6.92 Å². The van der Waals surface area contributed by atoms with Crippen molar-refractivity contribution in [2.24, 2.45) is 7.05 Å². The number of furan rings is 1. The third-order valence-electron chi connectivity index (χ3n) is 10.00. The molecular weight excluding hydrogens is 619 g/mol. The van der Waals surface area contributed by atoms with E-state index in [4.69, 9.17) is 13.8 Å². The van der Waals surface area contributed by atoms with Crippen LogP contribution in [0.25, 0.3) is 72.3 Å². The molecule has 0 saturated carbocycles. The van der Waals surface area contributed by atoms with Crippen molar-refractivity contribution < 1.29 is 13.4 Å². The van der Waals surface area contributed by atoms with Crippen LogP contribution in [0.4, 0.5) is 0 Å². The van der Waals surface area contributed by atoms with E-state index in [9.17, 15) is 0 Å². The molecule has 49 heavy (non-hydrogen) atoms. The fraction of sp³-hybridized carbons (Fsp3) is 0.256. The first kappa shape index (κ1) is 31.3. The third kappa shape index (κ3) is 4.87. The molecule has 0 atom stereocenters. The van der Waals surface area contributed by atoms with E-state index in [0.717, 1.165) is 55.5 Å². The predicted molar refractivity (Wildman–Crippen MR) is 206 cm³/mol. The number of imidazole rings is 1. The van der Waals surface area contributed by atoms with Crippen molar-refractivity contribution in [2.45, 2.75) is 66.1 Å². The third-order valence-corrected chi connectivity index (χ3v) is 11.5. The van der Waals surface area contributed by atoms with Gasteiger partial charge < -0.3 is 8.83 Å². The molecule has 0 aliphatic carbocycles. The van der Waals surface area contributed by atoms with Gasteiger partial charge in [0.15, 0.2) is 38.8 Å². The molecule has 0 spiro atoms. The summed E-state index contributed by atoms with van der Waals surface area (Å²) in [6.45, 7) is 18.2. The lowest BCUT2D eigenvalue weighted by Gasteiger charge is -2.21. The summed E-state index contributed by atoms with van der Waals surface area (Å²) < 4.78 is 18.2. The van der Waals surface area contributed by atoms with E-state index in [2.05, 4.69) is 161 Å². The molecule has 0 saturated heterocycles. The Morgan fingerprint density at radius 1 is 0.714 bits per heavy atom. The zero-order chi connectivity index (χ0) is 34.4. The van der Waals surface area contributed by atoms with E-state index in [1.807, 2.05) is 0 Å². The summed E-state index contributed by atoms with van der Waals surface area (Å²) in [5.41, 5.74) is 15.1. The zero-order valence-electron chi connectivity index (χ0n) is 30.0. The topological polar surface area (TPSA) is 48.0 Å². The summed E-state index contributed by atoms with van der Waals surface area (Å²) in [6.07, 6.45) is 0. The quantitative estimate of drug-likeness (QED) is 0.131. The van der Waals surface area contributed by atoms with Gasteiger partial charge in [-0.3, -0.25) is 0 Å². The van der Waals surface area contributed by atoms with Gasteiger partial charge in [0.05, 0.1) is 7.05 Å². The molecule has 5 nitrogen and oxygen atoms in total. The maximum absolute atomic E-state index is 7.00. The van der Waals surface area contributed by atoms with E-state index in [-0.39, 0.29) is 0 Å². The molecule has 8 rings (SSSR count). The molecule has 0 radical (unpaired) electrons. The lowest BCUT2D eigenvalue weighted by Crippen LogP contribution is -2.38. The van der Waals surface area contributed by atoms with Crippen LogP contribution in [0.1, 0.15) is 56.2 Å². The highest BCUT2D eigenvalue weighted by Crippen LogP contribution is 2.43. The van der Waals surface area contributed by atoms with Crippen LogP contribution >= 0.6 is 0 Å². The molecule has 3 aromatic heterocycles. The molecule has 5 aromatic carbocycles. The normalized spacial score (nSPS) is 12.6. The van der Waals surface area contributed by atoms with E-state index in [1.165, 1.54) is 39.0 Å². The highest BCUT2D eigenvalue weighted by Gasteiger charge is 2.34. The fourth-order valence-electron chi connectivity index (χ4n) is 7.42. The maximum Gasteiger partial charge on any atom is 0.299 e. The fourth-order valence-corrected chi connectivity index (χ4v) is 8.29. The van der Waals surface area contributed by atoms with Crippen molar-refractivity contribution in [1.82, 2.24) is 9.55 Å². The second-order valence-electron chi connectivity index (χ2n) is 15.2. The molecule has 246 valence electrons. The number of para-hydroxylation sites is 2. The number of rotatable bonds is 6. The Balaban J connectivity index is 1.50. The molecule has 0 aliphatic rings. The minimum absolute atomic E-state index is 0.291. The van der Waals surface area contributed by atoms with E-state index in [0.29, 0.717) is 11.8 Å². The average Bonchev–Trinajstić information content (AvgIpc) is 3.77. The summed E-state index contributed by atoms with van der Waals surface area (Å²) in [5.74, 6) is 1.68.